The van der Waals surface area contributed by atoms with Gasteiger partial charge in [0.05, 0.1) is 17.5 Å². The minimum Gasteiger partial charge on any atom is -0.352 e. The number of rotatable bonds is 10. The summed E-state index contributed by atoms with van der Waals surface area (Å²) in [5, 5.41) is 2.71. The highest BCUT2D eigenvalue weighted by Crippen LogP contribution is 2.32. The van der Waals surface area contributed by atoms with Crippen molar-refractivity contribution in [1.82, 2.24) is 10.2 Å². The Morgan fingerprint density at radius 2 is 1.67 bits per heavy atom. The number of alkyl halides is 3. The third kappa shape index (κ3) is 7.94. The van der Waals surface area contributed by atoms with E-state index >= 15 is 0 Å². The van der Waals surface area contributed by atoms with Gasteiger partial charge in [0, 0.05) is 12.6 Å². The Labute approximate surface area is 208 Å². The average Bonchev–Trinajstić information content (AvgIpc) is 2.76. The lowest BCUT2D eigenvalue weighted by atomic mass is 10.1. The predicted molar refractivity (Wildman–Crippen MR) is 128 cm³/mol. The minimum atomic E-state index is -4.72. The molecule has 2 aromatic rings. The molecule has 0 saturated carbocycles. The van der Waals surface area contributed by atoms with E-state index in [1.54, 1.807) is 20.8 Å². The van der Waals surface area contributed by atoms with Crippen LogP contribution in [0.1, 0.15) is 38.3 Å². The molecular formula is C24H29F4N3O4S. The standard InChI is InChI=1S/C24H29F4N3O4S/c1-5-21(23(33)29-16(2)3)30(14-17-9-11-19(25)12-10-17)22(32)15-31(36(4,34)35)20-8-6-7-18(13-20)24(26,27)28/h6-13,16,21H,5,14-15H2,1-4H3,(H,29,33). The van der Waals surface area contributed by atoms with Crippen LogP contribution in [0.15, 0.2) is 48.5 Å². The van der Waals surface area contributed by atoms with Crippen LogP contribution in [-0.4, -0.2) is 50.0 Å². The number of amides is 2. The number of halogens is 4. The van der Waals surface area contributed by atoms with Crippen molar-refractivity contribution in [3.8, 4) is 0 Å². The molecule has 0 heterocycles. The second kappa shape index (κ2) is 11.7. The molecule has 0 spiro atoms. The Hall–Kier alpha value is -3.15. The van der Waals surface area contributed by atoms with Gasteiger partial charge in [0.15, 0.2) is 0 Å². The van der Waals surface area contributed by atoms with Crippen molar-refractivity contribution in [2.75, 3.05) is 17.1 Å². The molecule has 0 aliphatic rings. The maximum atomic E-state index is 13.5. The Kier molecular flexibility index (Phi) is 9.47. The minimum absolute atomic E-state index is 0.149. The summed E-state index contributed by atoms with van der Waals surface area (Å²) >= 11 is 0. The summed E-state index contributed by atoms with van der Waals surface area (Å²) < 4.78 is 78.6. The predicted octanol–water partition coefficient (Wildman–Crippen LogP) is 3.94. The lowest BCUT2D eigenvalue weighted by molar-refractivity contribution is -0.140. The molecule has 0 aromatic heterocycles. The SMILES string of the molecule is CCC(C(=O)NC(C)C)N(Cc1ccc(F)cc1)C(=O)CN(c1cccc(C(F)(F)F)c1)S(C)(=O)=O. The molecule has 1 N–H and O–H groups in total. The first-order chi connectivity index (χ1) is 16.6. The molecule has 0 radical (unpaired) electrons. The van der Waals surface area contributed by atoms with Crippen LogP contribution in [0.3, 0.4) is 0 Å². The number of sulfonamides is 1. The van der Waals surface area contributed by atoms with Gasteiger partial charge in [-0.05, 0) is 56.2 Å². The number of benzene rings is 2. The topological polar surface area (TPSA) is 86.8 Å². The van der Waals surface area contributed by atoms with E-state index in [1.165, 1.54) is 24.3 Å². The van der Waals surface area contributed by atoms with Crippen molar-refractivity contribution >= 4 is 27.5 Å². The molecule has 0 fully saturated rings. The van der Waals surface area contributed by atoms with Crippen molar-refractivity contribution in [2.24, 2.45) is 0 Å². The Morgan fingerprint density at radius 3 is 2.17 bits per heavy atom. The van der Waals surface area contributed by atoms with Crippen molar-refractivity contribution in [3.63, 3.8) is 0 Å². The van der Waals surface area contributed by atoms with Crippen LogP contribution < -0.4 is 9.62 Å². The highest BCUT2D eigenvalue weighted by molar-refractivity contribution is 7.92. The molecule has 0 aliphatic carbocycles. The van der Waals surface area contributed by atoms with Crippen LogP contribution in [0.25, 0.3) is 0 Å². The maximum Gasteiger partial charge on any atom is 0.416 e. The molecule has 7 nitrogen and oxygen atoms in total. The largest absolute Gasteiger partial charge is 0.416 e. The number of hydrogen-bond donors (Lipinski definition) is 1. The normalized spacial score (nSPS) is 12.8. The molecule has 2 aromatic carbocycles. The van der Waals surface area contributed by atoms with E-state index in [1.807, 2.05) is 0 Å². The monoisotopic (exact) mass is 531 g/mol. The van der Waals surface area contributed by atoms with Crippen LogP contribution in [0.5, 0.6) is 0 Å². The number of anilines is 1. The summed E-state index contributed by atoms with van der Waals surface area (Å²) in [6, 6.07) is 7.57. The van der Waals surface area contributed by atoms with Gasteiger partial charge in [0.2, 0.25) is 21.8 Å². The summed E-state index contributed by atoms with van der Waals surface area (Å²) in [6.07, 6.45) is -3.78. The van der Waals surface area contributed by atoms with Crippen LogP contribution >= 0.6 is 0 Å². The van der Waals surface area contributed by atoms with Crippen molar-refractivity contribution < 1.29 is 35.6 Å². The molecule has 0 saturated heterocycles. The quantitative estimate of drug-likeness (QED) is 0.471. The average molecular weight is 532 g/mol. The third-order valence-electron chi connectivity index (χ3n) is 5.22. The summed E-state index contributed by atoms with van der Waals surface area (Å²) in [6.45, 7) is 4.14. The van der Waals surface area contributed by atoms with Crippen molar-refractivity contribution in [3.05, 3.63) is 65.5 Å². The van der Waals surface area contributed by atoms with E-state index in [9.17, 15) is 35.6 Å². The number of nitrogens with one attached hydrogen (secondary N) is 1. The van der Waals surface area contributed by atoms with Gasteiger partial charge in [-0.1, -0.05) is 25.1 Å². The zero-order valence-corrected chi connectivity index (χ0v) is 21.2. The summed E-state index contributed by atoms with van der Waals surface area (Å²) in [4.78, 5) is 27.5. The number of hydrogen-bond acceptors (Lipinski definition) is 4. The van der Waals surface area contributed by atoms with E-state index in [4.69, 9.17) is 0 Å². The van der Waals surface area contributed by atoms with Crippen LogP contribution in [0, 0.1) is 5.82 Å². The first-order valence-electron chi connectivity index (χ1n) is 11.1. The summed E-state index contributed by atoms with van der Waals surface area (Å²) in [5.74, 6) is -1.80. The van der Waals surface area contributed by atoms with Crippen LogP contribution in [0.4, 0.5) is 23.2 Å². The van der Waals surface area contributed by atoms with Gasteiger partial charge < -0.3 is 10.2 Å². The van der Waals surface area contributed by atoms with E-state index in [0.717, 1.165) is 29.4 Å². The fourth-order valence-corrected chi connectivity index (χ4v) is 4.38. The summed E-state index contributed by atoms with van der Waals surface area (Å²) in [7, 11) is -4.19. The molecule has 0 aliphatic heterocycles. The van der Waals surface area contributed by atoms with Gasteiger partial charge in [-0.25, -0.2) is 12.8 Å². The molecule has 198 valence electrons. The lowest BCUT2D eigenvalue weighted by Gasteiger charge is -2.33. The van der Waals surface area contributed by atoms with Gasteiger partial charge in [0.25, 0.3) is 0 Å². The highest BCUT2D eigenvalue weighted by Gasteiger charge is 2.34. The third-order valence-corrected chi connectivity index (χ3v) is 6.36. The lowest BCUT2D eigenvalue weighted by Crippen LogP contribution is -2.53. The number of carbonyl (C=O) groups is 2. The smallest absolute Gasteiger partial charge is 0.352 e. The Bertz CT molecular complexity index is 1170. The van der Waals surface area contributed by atoms with E-state index in [-0.39, 0.29) is 24.7 Å². The molecular weight excluding hydrogens is 502 g/mol. The Balaban J connectivity index is 2.48. The molecule has 2 amide bonds. The van der Waals surface area contributed by atoms with Gasteiger partial charge in [0.1, 0.15) is 18.4 Å². The maximum absolute atomic E-state index is 13.5. The van der Waals surface area contributed by atoms with Crippen LogP contribution in [-0.2, 0) is 32.3 Å². The van der Waals surface area contributed by atoms with E-state index < -0.39 is 52.0 Å². The van der Waals surface area contributed by atoms with Gasteiger partial charge in [-0.15, -0.1) is 0 Å². The second-order valence-electron chi connectivity index (χ2n) is 8.55. The zero-order chi connectivity index (χ0) is 27.3. The van der Waals surface area contributed by atoms with Gasteiger partial charge in [-0.2, -0.15) is 13.2 Å². The first kappa shape index (κ1) is 29.1. The van der Waals surface area contributed by atoms with Crippen molar-refractivity contribution in [2.45, 2.75) is 52.0 Å². The summed E-state index contributed by atoms with van der Waals surface area (Å²) in [5.41, 5.74) is -0.945. The highest BCUT2D eigenvalue weighted by atomic mass is 32.2. The van der Waals surface area contributed by atoms with Crippen molar-refractivity contribution in [1.29, 1.82) is 0 Å². The molecule has 1 unspecified atom stereocenters. The molecule has 12 heteroatoms. The van der Waals surface area contributed by atoms with Crippen LogP contribution in [0.2, 0.25) is 0 Å². The zero-order valence-electron chi connectivity index (χ0n) is 20.3. The van der Waals surface area contributed by atoms with E-state index in [2.05, 4.69) is 5.32 Å². The molecule has 36 heavy (non-hydrogen) atoms. The van der Waals surface area contributed by atoms with Gasteiger partial charge >= 0.3 is 6.18 Å². The Morgan fingerprint density at radius 1 is 1.06 bits per heavy atom. The fourth-order valence-electron chi connectivity index (χ4n) is 3.54. The molecule has 1 atom stereocenters. The first-order valence-corrected chi connectivity index (χ1v) is 13.0. The molecule has 2 rings (SSSR count). The van der Waals surface area contributed by atoms with Gasteiger partial charge in [-0.3, -0.25) is 13.9 Å². The molecule has 0 bridgehead atoms. The van der Waals surface area contributed by atoms with E-state index in [0.29, 0.717) is 15.9 Å². The fraction of sp³-hybridized carbons (Fsp3) is 0.417. The second-order valence-corrected chi connectivity index (χ2v) is 10.5. The number of nitrogens with zero attached hydrogens (tertiary/aromatic N) is 2. The number of carbonyl (C=O) groups excluding carboxylic acids is 2.